The smallest absolute Gasteiger partial charge is 0.234 e. The Labute approximate surface area is 112 Å². The van der Waals surface area contributed by atoms with Crippen LogP contribution < -0.4 is 11.1 Å². The van der Waals surface area contributed by atoms with Gasteiger partial charge in [-0.1, -0.05) is 11.6 Å². The molecule has 4 N–H and O–H groups in total. The molecular weight excluding hydrogens is 250 g/mol. The largest absolute Gasteiger partial charge is 0.409 e. The number of hydrogen-bond acceptors (Lipinski definition) is 4. The molecule has 0 spiro atoms. The minimum Gasteiger partial charge on any atom is -0.409 e. The molecule has 0 aromatic rings. The van der Waals surface area contributed by atoms with Crippen molar-refractivity contribution in [2.75, 3.05) is 6.26 Å². The lowest BCUT2D eigenvalue weighted by atomic mass is 9.94. The maximum atomic E-state index is 12.2. The number of rotatable bonds is 4. The van der Waals surface area contributed by atoms with Gasteiger partial charge in [0.1, 0.15) is 5.41 Å². The Balaban J connectivity index is 1.92. The summed E-state index contributed by atoms with van der Waals surface area (Å²) in [5.41, 5.74) is 4.89. The number of nitrogens with two attached hydrogens (primary N) is 1. The van der Waals surface area contributed by atoms with Gasteiger partial charge in [-0.3, -0.25) is 4.79 Å². The number of carbonyl (C=O) groups is 1. The molecule has 0 radical (unpaired) electrons. The molecule has 6 heteroatoms. The molecule has 0 aromatic carbocycles. The monoisotopic (exact) mass is 271 g/mol. The molecule has 2 fully saturated rings. The van der Waals surface area contributed by atoms with E-state index in [2.05, 4.69) is 16.7 Å². The van der Waals surface area contributed by atoms with Crippen molar-refractivity contribution in [1.29, 1.82) is 0 Å². The Morgan fingerprint density at radius 3 is 2.78 bits per heavy atom. The number of thioether (sulfide) groups is 1. The Kier molecular flexibility index (Phi) is 4.04. The molecule has 5 nitrogen and oxygen atoms in total. The van der Waals surface area contributed by atoms with Crippen LogP contribution in [-0.4, -0.2) is 34.5 Å². The highest BCUT2D eigenvalue weighted by Crippen LogP contribution is 2.46. The number of oxime groups is 1. The second kappa shape index (κ2) is 5.38. The fourth-order valence-electron chi connectivity index (χ4n) is 2.63. The molecule has 2 rings (SSSR count). The summed E-state index contributed by atoms with van der Waals surface area (Å²) in [6.07, 6.45) is 7.95. The van der Waals surface area contributed by atoms with E-state index in [0.29, 0.717) is 18.1 Å². The molecule has 0 bridgehead atoms. The minimum absolute atomic E-state index is 0.0530. The molecule has 2 aliphatic carbocycles. The first-order valence-corrected chi connectivity index (χ1v) is 7.73. The van der Waals surface area contributed by atoms with Gasteiger partial charge in [-0.2, -0.15) is 11.8 Å². The summed E-state index contributed by atoms with van der Waals surface area (Å²) in [5.74, 6) is -0.0122. The van der Waals surface area contributed by atoms with Crippen LogP contribution in [0, 0.1) is 5.41 Å². The van der Waals surface area contributed by atoms with E-state index in [1.54, 1.807) is 0 Å². The van der Waals surface area contributed by atoms with Crippen LogP contribution in [0.4, 0.5) is 0 Å². The van der Waals surface area contributed by atoms with Crippen molar-refractivity contribution < 1.29 is 10.0 Å². The third kappa shape index (κ3) is 2.58. The Morgan fingerprint density at radius 2 is 2.22 bits per heavy atom. The van der Waals surface area contributed by atoms with E-state index >= 15 is 0 Å². The van der Waals surface area contributed by atoms with Crippen LogP contribution in [0.15, 0.2) is 5.16 Å². The second-order valence-corrected chi connectivity index (χ2v) is 6.40. The van der Waals surface area contributed by atoms with Gasteiger partial charge in [-0.25, -0.2) is 0 Å². The summed E-state index contributed by atoms with van der Waals surface area (Å²) in [5, 5.41) is 15.4. The summed E-state index contributed by atoms with van der Waals surface area (Å²) in [6, 6.07) is 0.243. The predicted molar refractivity (Wildman–Crippen MR) is 72.8 cm³/mol. The topological polar surface area (TPSA) is 87.7 Å². The second-order valence-electron chi connectivity index (χ2n) is 5.26. The quantitative estimate of drug-likeness (QED) is 0.311. The van der Waals surface area contributed by atoms with E-state index in [9.17, 15) is 4.79 Å². The first-order chi connectivity index (χ1) is 8.62. The molecule has 0 aromatic heterocycles. The standard InChI is InChI=1S/C12H21N3O2S/c1-18-9-4-2-3-8(7-9)14-11(16)12(5-6-12)10(13)15-17/h8-9,17H,2-7H2,1H3,(H2,13,15)(H,14,16). The normalized spacial score (nSPS) is 30.8. The highest BCUT2D eigenvalue weighted by molar-refractivity contribution is 7.99. The number of carbonyl (C=O) groups excluding carboxylic acids is 1. The zero-order valence-electron chi connectivity index (χ0n) is 10.7. The molecular formula is C12H21N3O2S. The highest BCUT2D eigenvalue weighted by Gasteiger charge is 2.54. The highest BCUT2D eigenvalue weighted by atomic mass is 32.2. The molecule has 2 aliphatic rings. The molecule has 2 unspecified atom stereocenters. The van der Waals surface area contributed by atoms with Crippen molar-refractivity contribution in [3.63, 3.8) is 0 Å². The zero-order chi connectivity index (χ0) is 13.2. The van der Waals surface area contributed by atoms with Crippen LogP contribution in [0.2, 0.25) is 0 Å². The van der Waals surface area contributed by atoms with Crippen molar-refractivity contribution in [3.05, 3.63) is 0 Å². The fourth-order valence-corrected chi connectivity index (χ4v) is 3.46. The van der Waals surface area contributed by atoms with Gasteiger partial charge in [-0.15, -0.1) is 0 Å². The molecule has 0 saturated heterocycles. The van der Waals surface area contributed by atoms with Gasteiger partial charge in [0.05, 0.1) is 0 Å². The van der Waals surface area contributed by atoms with E-state index in [4.69, 9.17) is 10.9 Å². The van der Waals surface area contributed by atoms with E-state index in [1.807, 2.05) is 11.8 Å². The lowest BCUT2D eigenvalue weighted by Gasteiger charge is -2.29. The maximum absolute atomic E-state index is 12.2. The summed E-state index contributed by atoms with van der Waals surface area (Å²) in [6.45, 7) is 0. The van der Waals surface area contributed by atoms with Gasteiger partial charge >= 0.3 is 0 Å². The number of amides is 1. The van der Waals surface area contributed by atoms with Crippen molar-refractivity contribution in [1.82, 2.24) is 5.32 Å². The summed E-state index contributed by atoms with van der Waals surface area (Å²) in [7, 11) is 0. The SMILES string of the molecule is CSC1CCCC(NC(=O)C2(C(N)=NO)CC2)C1. The van der Waals surface area contributed by atoms with Gasteiger partial charge < -0.3 is 16.3 Å². The molecule has 102 valence electrons. The van der Waals surface area contributed by atoms with Crippen LogP contribution in [0.3, 0.4) is 0 Å². The van der Waals surface area contributed by atoms with E-state index in [1.165, 1.54) is 6.42 Å². The van der Waals surface area contributed by atoms with Gasteiger partial charge in [0.25, 0.3) is 0 Å². The number of nitrogens with zero attached hydrogens (tertiary/aromatic N) is 1. The third-order valence-corrected chi connectivity index (χ3v) is 5.17. The minimum atomic E-state index is -0.721. The van der Waals surface area contributed by atoms with Crippen LogP contribution in [0.5, 0.6) is 0 Å². The average molecular weight is 271 g/mol. The van der Waals surface area contributed by atoms with E-state index in [-0.39, 0.29) is 17.8 Å². The molecule has 0 aliphatic heterocycles. The van der Waals surface area contributed by atoms with E-state index in [0.717, 1.165) is 19.3 Å². The molecule has 0 heterocycles. The summed E-state index contributed by atoms with van der Waals surface area (Å²) >= 11 is 1.87. The Bertz CT molecular complexity index is 355. The van der Waals surface area contributed by atoms with Crippen molar-refractivity contribution in [3.8, 4) is 0 Å². The lowest BCUT2D eigenvalue weighted by Crippen LogP contribution is -2.46. The zero-order valence-corrected chi connectivity index (χ0v) is 11.5. The predicted octanol–water partition coefficient (Wildman–Crippen LogP) is 1.30. The summed E-state index contributed by atoms with van der Waals surface area (Å²) in [4.78, 5) is 12.2. The maximum Gasteiger partial charge on any atom is 0.234 e. The molecule has 2 atom stereocenters. The summed E-state index contributed by atoms with van der Waals surface area (Å²) < 4.78 is 0. The first-order valence-electron chi connectivity index (χ1n) is 6.44. The Hall–Kier alpha value is -0.910. The van der Waals surface area contributed by atoms with Gasteiger partial charge in [0.2, 0.25) is 5.91 Å². The van der Waals surface area contributed by atoms with Crippen molar-refractivity contribution in [2.24, 2.45) is 16.3 Å². The van der Waals surface area contributed by atoms with Crippen LogP contribution in [0.1, 0.15) is 38.5 Å². The number of amidine groups is 1. The Morgan fingerprint density at radius 1 is 1.50 bits per heavy atom. The molecule has 18 heavy (non-hydrogen) atoms. The molecule has 1 amide bonds. The van der Waals surface area contributed by atoms with E-state index < -0.39 is 5.41 Å². The van der Waals surface area contributed by atoms with Gasteiger partial charge in [0.15, 0.2) is 5.84 Å². The van der Waals surface area contributed by atoms with Crippen LogP contribution >= 0.6 is 11.8 Å². The lowest BCUT2D eigenvalue weighted by molar-refractivity contribution is -0.125. The van der Waals surface area contributed by atoms with Crippen LogP contribution in [-0.2, 0) is 4.79 Å². The van der Waals surface area contributed by atoms with Crippen molar-refractivity contribution >= 4 is 23.5 Å². The number of hydrogen-bond donors (Lipinski definition) is 3. The average Bonchev–Trinajstić information content (AvgIpc) is 3.19. The van der Waals surface area contributed by atoms with Gasteiger partial charge in [-0.05, 0) is 38.4 Å². The van der Waals surface area contributed by atoms with Crippen molar-refractivity contribution in [2.45, 2.75) is 49.8 Å². The van der Waals surface area contributed by atoms with Gasteiger partial charge in [0, 0.05) is 11.3 Å². The third-order valence-electron chi connectivity index (χ3n) is 4.08. The fraction of sp³-hybridized carbons (Fsp3) is 0.833. The van der Waals surface area contributed by atoms with Crippen LogP contribution in [0.25, 0.3) is 0 Å². The molecule has 2 saturated carbocycles. The number of nitrogens with one attached hydrogen (secondary N) is 1. The first kappa shape index (κ1) is 13.5.